The molecule has 1 aliphatic rings. The van der Waals surface area contributed by atoms with Crippen molar-refractivity contribution in [2.75, 3.05) is 11.9 Å². The second-order valence-corrected chi connectivity index (χ2v) is 8.64. The maximum absolute atomic E-state index is 13.0. The van der Waals surface area contributed by atoms with Gasteiger partial charge in [-0.3, -0.25) is 14.4 Å². The van der Waals surface area contributed by atoms with Crippen LogP contribution in [0.1, 0.15) is 56.6 Å². The molecule has 3 aromatic rings. The second-order valence-electron chi connectivity index (χ2n) is 7.54. The fourth-order valence-corrected chi connectivity index (χ4v) is 4.99. The van der Waals surface area contributed by atoms with Crippen LogP contribution in [0.2, 0.25) is 0 Å². The van der Waals surface area contributed by atoms with Crippen LogP contribution in [-0.4, -0.2) is 28.1 Å². The molecular formula is C23H24N4O3S. The third kappa shape index (κ3) is 4.29. The Morgan fingerprint density at radius 2 is 1.84 bits per heavy atom. The number of hydrogen-bond acceptors (Lipinski definition) is 5. The summed E-state index contributed by atoms with van der Waals surface area (Å²) in [6.45, 7) is 4.34. The molecule has 1 aliphatic carbocycles. The van der Waals surface area contributed by atoms with Gasteiger partial charge in [-0.2, -0.15) is 5.10 Å². The summed E-state index contributed by atoms with van der Waals surface area (Å²) in [5, 5.41) is 10.4. The number of benzene rings is 1. The molecule has 7 nitrogen and oxygen atoms in total. The summed E-state index contributed by atoms with van der Waals surface area (Å²) in [4.78, 5) is 39.2. The molecule has 0 unspecified atom stereocenters. The molecule has 0 bridgehead atoms. The van der Waals surface area contributed by atoms with E-state index in [2.05, 4.69) is 15.7 Å². The zero-order valence-corrected chi connectivity index (χ0v) is 18.3. The van der Waals surface area contributed by atoms with Gasteiger partial charge in [-0.1, -0.05) is 17.7 Å². The first kappa shape index (κ1) is 21.0. The van der Waals surface area contributed by atoms with Crippen LogP contribution in [0.3, 0.4) is 0 Å². The average Bonchev–Trinajstić information content (AvgIpc) is 3.12. The molecule has 0 atom stereocenters. The molecule has 0 saturated carbocycles. The van der Waals surface area contributed by atoms with Gasteiger partial charge in [0.05, 0.1) is 11.3 Å². The van der Waals surface area contributed by atoms with Crippen molar-refractivity contribution in [3.63, 3.8) is 0 Å². The van der Waals surface area contributed by atoms with Crippen molar-refractivity contribution in [2.45, 2.75) is 39.5 Å². The van der Waals surface area contributed by atoms with E-state index in [4.69, 9.17) is 0 Å². The van der Waals surface area contributed by atoms with Crippen LogP contribution in [0.4, 0.5) is 5.00 Å². The Bertz CT molecular complexity index is 1190. The number of fused-ring (bicyclic) bond motifs is 1. The summed E-state index contributed by atoms with van der Waals surface area (Å²) in [7, 11) is 0. The Kier molecular flexibility index (Phi) is 5.99. The molecule has 0 spiro atoms. The van der Waals surface area contributed by atoms with E-state index in [9.17, 15) is 14.4 Å². The molecule has 2 heterocycles. The van der Waals surface area contributed by atoms with Gasteiger partial charge in [-0.15, -0.1) is 11.3 Å². The van der Waals surface area contributed by atoms with Gasteiger partial charge in [0, 0.05) is 23.7 Å². The number of thiophene rings is 1. The summed E-state index contributed by atoms with van der Waals surface area (Å²) < 4.78 is 1.50. The summed E-state index contributed by atoms with van der Waals surface area (Å²) in [6.07, 6.45) is 5.33. The van der Waals surface area contributed by atoms with Crippen LogP contribution in [-0.2, 0) is 12.8 Å². The lowest BCUT2D eigenvalue weighted by Crippen LogP contribution is -2.28. The van der Waals surface area contributed by atoms with E-state index in [-0.39, 0.29) is 11.6 Å². The molecule has 2 aromatic heterocycles. The zero-order valence-electron chi connectivity index (χ0n) is 17.5. The summed E-state index contributed by atoms with van der Waals surface area (Å²) in [5.41, 5.74) is 2.69. The maximum Gasteiger partial charge on any atom is 0.280 e. The third-order valence-electron chi connectivity index (χ3n) is 5.28. The molecule has 160 valence electrons. The third-order valence-corrected chi connectivity index (χ3v) is 6.49. The van der Waals surface area contributed by atoms with Crippen molar-refractivity contribution in [3.8, 4) is 5.69 Å². The van der Waals surface area contributed by atoms with E-state index >= 15 is 0 Å². The molecule has 2 N–H and O–H groups in total. The molecule has 1 aromatic carbocycles. The molecule has 0 fully saturated rings. The number of carbonyl (C=O) groups excluding carboxylic acids is 2. The van der Waals surface area contributed by atoms with Crippen molar-refractivity contribution < 1.29 is 9.59 Å². The van der Waals surface area contributed by atoms with E-state index < -0.39 is 11.3 Å². The standard InChI is InChI=1S/C23H24N4O3S/c1-3-24-21(29)19-16-6-4-5-7-18(16)31-23(19)25-22(30)20-17(28)12-13-27(26-20)15-10-8-14(2)9-11-15/h8-13H,3-7H2,1-2H3,(H,24,29)(H,25,30). The van der Waals surface area contributed by atoms with Crippen LogP contribution in [0.25, 0.3) is 5.69 Å². The number of amides is 2. The van der Waals surface area contributed by atoms with Crippen molar-refractivity contribution in [3.05, 3.63) is 74.0 Å². The van der Waals surface area contributed by atoms with E-state index in [0.29, 0.717) is 17.1 Å². The molecule has 8 heteroatoms. The Balaban J connectivity index is 1.68. The van der Waals surface area contributed by atoms with Crippen molar-refractivity contribution in [1.82, 2.24) is 15.1 Å². The second kappa shape index (κ2) is 8.85. The molecule has 2 amide bonds. The maximum atomic E-state index is 13.0. The van der Waals surface area contributed by atoms with Crippen molar-refractivity contribution in [2.24, 2.45) is 0 Å². The lowest BCUT2D eigenvalue weighted by atomic mass is 9.95. The monoisotopic (exact) mass is 436 g/mol. The number of aryl methyl sites for hydroxylation is 2. The minimum absolute atomic E-state index is 0.199. The Hall–Kier alpha value is -3.26. The number of nitrogens with zero attached hydrogens (tertiary/aromatic N) is 2. The van der Waals surface area contributed by atoms with Crippen LogP contribution < -0.4 is 16.1 Å². The van der Waals surface area contributed by atoms with Gasteiger partial charge in [0.1, 0.15) is 5.00 Å². The van der Waals surface area contributed by atoms with Gasteiger partial charge in [0.25, 0.3) is 11.8 Å². The lowest BCUT2D eigenvalue weighted by Gasteiger charge is -2.13. The van der Waals surface area contributed by atoms with Crippen molar-refractivity contribution in [1.29, 1.82) is 0 Å². The normalized spacial score (nSPS) is 12.8. The number of hydrogen-bond donors (Lipinski definition) is 2. The van der Waals surface area contributed by atoms with E-state index in [0.717, 1.165) is 47.4 Å². The number of carbonyl (C=O) groups is 2. The minimum atomic E-state index is -0.615. The number of nitrogens with one attached hydrogen (secondary N) is 2. The predicted octanol–water partition coefficient (Wildman–Crippen LogP) is 3.48. The van der Waals surface area contributed by atoms with Crippen LogP contribution in [0.5, 0.6) is 0 Å². The van der Waals surface area contributed by atoms with Gasteiger partial charge in [0.2, 0.25) is 5.43 Å². The number of anilines is 1. The van der Waals surface area contributed by atoms with Gasteiger partial charge in [0.15, 0.2) is 5.69 Å². The zero-order chi connectivity index (χ0) is 22.0. The highest BCUT2D eigenvalue weighted by molar-refractivity contribution is 7.17. The SMILES string of the molecule is CCNC(=O)c1c(NC(=O)c2nn(-c3ccc(C)cc3)ccc2=O)sc2c1CCCC2. The topological polar surface area (TPSA) is 93.1 Å². The van der Waals surface area contributed by atoms with E-state index in [1.807, 2.05) is 38.1 Å². The molecule has 31 heavy (non-hydrogen) atoms. The molecular weight excluding hydrogens is 412 g/mol. The summed E-state index contributed by atoms with van der Waals surface area (Å²) in [5.74, 6) is -0.814. The fraction of sp³-hybridized carbons (Fsp3) is 0.304. The average molecular weight is 437 g/mol. The quantitative estimate of drug-likeness (QED) is 0.640. The number of aromatic nitrogens is 2. The largest absolute Gasteiger partial charge is 0.352 e. The highest BCUT2D eigenvalue weighted by Gasteiger charge is 2.27. The van der Waals surface area contributed by atoms with Gasteiger partial charge in [-0.25, -0.2) is 4.68 Å². The Labute approximate surface area is 184 Å². The molecule has 0 radical (unpaired) electrons. The fourth-order valence-electron chi connectivity index (χ4n) is 3.71. The highest BCUT2D eigenvalue weighted by atomic mass is 32.1. The molecule has 0 aliphatic heterocycles. The van der Waals surface area contributed by atoms with Gasteiger partial charge >= 0.3 is 0 Å². The van der Waals surface area contributed by atoms with Crippen LogP contribution in [0, 0.1) is 6.92 Å². The van der Waals surface area contributed by atoms with Gasteiger partial charge in [-0.05, 0) is 57.2 Å². The van der Waals surface area contributed by atoms with Crippen molar-refractivity contribution >= 4 is 28.2 Å². The predicted molar refractivity (Wildman–Crippen MR) is 121 cm³/mol. The smallest absolute Gasteiger partial charge is 0.280 e. The first-order chi connectivity index (χ1) is 15.0. The molecule has 0 saturated heterocycles. The summed E-state index contributed by atoms with van der Waals surface area (Å²) in [6, 6.07) is 8.93. The molecule has 4 rings (SSSR count). The summed E-state index contributed by atoms with van der Waals surface area (Å²) >= 11 is 1.42. The number of rotatable bonds is 5. The first-order valence-corrected chi connectivity index (χ1v) is 11.2. The Morgan fingerprint density at radius 3 is 2.58 bits per heavy atom. The first-order valence-electron chi connectivity index (χ1n) is 10.4. The van der Waals surface area contributed by atoms with Crippen LogP contribution >= 0.6 is 11.3 Å². The van der Waals surface area contributed by atoms with E-state index in [1.54, 1.807) is 0 Å². The van der Waals surface area contributed by atoms with E-state index in [1.165, 1.54) is 28.3 Å². The van der Waals surface area contributed by atoms with Gasteiger partial charge < -0.3 is 10.6 Å². The lowest BCUT2D eigenvalue weighted by molar-refractivity contribution is 0.0956. The van der Waals surface area contributed by atoms with Crippen LogP contribution in [0.15, 0.2) is 41.3 Å². The Morgan fingerprint density at radius 1 is 1.10 bits per heavy atom. The minimum Gasteiger partial charge on any atom is -0.352 e. The highest BCUT2D eigenvalue weighted by Crippen LogP contribution is 2.38.